The second kappa shape index (κ2) is 13.0. The summed E-state index contributed by atoms with van der Waals surface area (Å²) in [6, 6.07) is 0. The fourth-order valence-corrected chi connectivity index (χ4v) is 2.09. The third-order valence-corrected chi connectivity index (χ3v) is 2.91. The van der Waals surface area contributed by atoms with Crippen molar-refractivity contribution in [3.05, 3.63) is 0 Å². The summed E-state index contributed by atoms with van der Waals surface area (Å²) in [5, 5.41) is 0. The fraction of sp³-hybridized carbons (Fsp3) is 1.00. The Hall–Kier alpha value is -0.0400. The van der Waals surface area contributed by atoms with E-state index in [1.54, 1.807) is 0 Å². The third-order valence-electron chi connectivity index (χ3n) is 2.91. The first-order valence-electron chi connectivity index (χ1n) is 7.44. The van der Waals surface area contributed by atoms with Crippen LogP contribution in [-0.2, 0) is 0 Å². The van der Waals surface area contributed by atoms with Crippen molar-refractivity contribution in [3.63, 3.8) is 0 Å². The molecule has 16 heavy (non-hydrogen) atoms. The van der Waals surface area contributed by atoms with Gasteiger partial charge < -0.3 is 4.90 Å². The van der Waals surface area contributed by atoms with E-state index in [1.807, 2.05) is 27.7 Å². The number of hydrogen-bond donors (Lipinski definition) is 0. The lowest BCUT2D eigenvalue weighted by Gasteiger charge is -2.32. The Labute approximate surface area is 105 Å². The highest BCUT2D eigenvalue weighted by molar-refractivity contribution is 4.71. The Morgan fingerprint density at radius 3 is 1.75 bits per heavy atom. The van der Waals surface area contributed by atoms with Gasteiger partial charge in [0.15, 0.2) is 0 Å². The second-order valence-corrected chi connectivity index (χ2v) is 4.55. The highest BCUT2D eigenvalue weighted by atomic mass is 15.1. The predicted octanol–water partition coefficient (Wildman–Crippen LogP) is 4.82. The summed E-state index contributed by atoms with van der Waals surface area (Å²) in [7, 11) is 0. The van der Waals surface area contributed by atoms with Gasteiger partial charge in [-0.2, -0.15) is 0 Å². The Balaban J connectivity index is 0. The van der Waals surface area contributed by atoms with Crippen molar-refractivity contribution in [2.75, 3.05) is 19.6 Å². The molecule has 0 atom stereocenters. The SMILES string of the molecule is CC.CC.CCC1CCN(CC(C)C)CC1. The van der Waals surface area contributed by atoms with Gasteiger partial charge in [0.25, 0.3) is 0 Å². The van der Waals surface area contributed by atoms with Gasteiger partial charge >= 0.3 is 0 Å². The van der Waals surface area contributed by atoms with Crippen LogP contribution < -0.4 is 0 Å². The molecule has 1 heteroatoms. The maximum Gasteiger partial charge on any atom is 0.000439 e. The number of hydrogen-bond acceptors (Lipinski definition) is 1. The summed E-state index contributed by atoms with van der Waals surface area (Å²) in [6.07, 6.45) is 4.25. The van der Waals surface area contributed by atoms with Crippen LogP contribution in [0, 0.1) is 11.8 Å². The Bertz CT molecular complexity index is 113. The first-order valence-corrected chi connectivity index (χ1v) is 7.44. The van der Waals surface area contributed by atoms with E-state index in [9.17, 15) is 0 Å². The van der Waals surface area contributed by atoms with Crippen LogP contribution in [0.15, 0.2) is 0 Å². The summed E-state index contributed by atoms with van der Waals surface area (Å²) in [5.74, 6) is 1.86. The van der Waals surface area contributed by atoms with Gasteiger partial charge in [-0.3, -0.25) is 0 Å². The van der Waals surface area contributed by atoms with E-state index < -0.39 is 0 Å². The van der Waals surface area contributed by atoms with Crippen molar-refractivity contribution in [2.45, 2.75) is 67.7 Å². The molecule has 0 aliphatic carbocycles. The average Bonchev–Trinajstić information content (AvgIpc) is 2.34. The van der Waals surface area contributed by atoms with Crippen molar-refractivity contribution in [1.29, 1.82) is 0 Å². The molecule has 0 spiro atoms. The van der Waals surface area contributed by atoms with E-state index in [1.165, 1.54) is 38.9 Å². The highest BCUT2D eigenvalue weighted by Crippen LogP contribution is 2.20. The molecule has 1 aliphatic rings. The van der Waals surface area contributed by atoms with Gasteiger partial charge in [-0.25, -0.2) is 0 Å². The smallest absolute Gasteiger partial charge is 0.000439 e. The monoisotopic (exact) mass is 229 g/mol. The number of likely N-dealkylation sites (tertiary alicyclic amines) is 1. The minimum Gasteiger partial charge on any atom is -0.303 e. The Morgan fingerprint density at radius 1 is 1.00 bits per heavy atom. The zero-order valence-corrected chi connectivity index (χ0v) is 12.8. The van der Waals surface area contributed by atoms with Crippen LogP contribution in [0.1, 0.15) is 67.7 Å². The van der Waals surface area contributed by atoms with Crippen molar-refractivity contribution in [1.82, 2.24) is 4.90 Å². The fourth-order valence-electron chi connectivity index (χ4n) is 2.09. The molecule has 1 rings (SSSR count). The molecular weight excluding hydrogens is 194 g/mol. The maximum absolute atomic E-state index is 2.62. The summed E-state index contributed by atoms with van der Waals surface area (Å²) in [6.45, 7) is 18.9. The second-order valence-electron chi connectivity index (χ2n) is 4.55. The molecule has 0 N–H and O–H groups in total. The first-order chi connectivity index (χ1) is 7.72. The predicted molar refractivity (Wildman–Crippen MR) is 77.0 cm³/mol. The molecule has 0 aromatic rings. The van der Waals surface area contributed by atoms with E-state index in [0.717, 1.165) is 11.8 Å². The van der Waals surface area contributed by atoms with Gasteiger partial charge in [0.2, 0.25) is 0 Å². The summed E-state index contributed by atoms with van der Waals surface area (Å²) in [4.78, 5) is 2.62. The minimum atomic E-state index is 0.836. The van der Waals surface area contributed by atoms with Gasteiger partial charge in [0.05, 0.1) is 0 Å². The van der Waals surface area contributed by atoms with E-state index in [-0.39, 0.29) is 0 Å². The van der Waals surface area contributed by atoms with Crippen LogP contribution in [0.25, 0.3) is 0 Å². The van der Waals surface area contributed by atoms with Crippen LogP contribution in [0.3, 0.4) is 0 Å². The topological polar surface area (TPSA) is 3.24 Å². The molecule has 0 unspecified atom stereocenters. The normalized spacial score (nSPS) is 17.2. The molecule has 1 aliphatic heterocycles. The molecule has 0 amide bonds. The summed E-state index contributed by atoms with van der Waals surface area (Å²) >= 11 is 0. The lowest BCUT2D eigenvalue weighted by molar-refractivity contribution is 0.166. The van der Waals surface area contributed by atoms with Crippen LogP contribution in [0.5, 0.6) is 0 Å². The molecule has 0 bridgehead atoms. The van der Waals surface area contributed by atoms with Crippen LogP contribution >= 0.6 is 0 Å². The summed E-state index contributed by atoms with van der Waals surface area (Å²) < 4.78 is 0. The van der Waals surface area contributed by atoms with E-state index in [2.05, 4.69) is 25.7 Å². The lowest BCUT2D eigenvalue weighted by Crippen LogP contribution is -2.35. The van der Waals surface area contributed by atoms with Gasteiger partial charge in [0, 0.05) is 6.54 Å². The first kappa shape index (κ1) is 18.3. The molecule has 0 aromatic heterocycles. The maximum atomic E-state index is 2.62. The van der Waals surface area contributed by atoms with Crippen LogP contribution in [0.4, 0.5) is 0 Å². The molecule has 0 saturated carbocycles. The molecular formula is C15H35N. The molecule has 0 radical (unpaired) electrons. The Kier molecular flexibility index (Phi) is 14.9. The molecule has 1 saturated heterocycles. The third kappa shape index (κ3) is 9.21. The molecule has 0 aromatic carbocycles. The number of rotatable bonds is 3. The van der Waals surface area contributed by atoms with Crippen LogP contribution in [-0.4, -0.2) is 24.5 Å². The van der Waals surface area contributed by atoms with E-state index in [0.29, 0.717) is 0 Å². The Morgan fingerprint density at radius 2 is 1.44 bits per heavy atom. The van der Waals surface area contributed by atoms with Crippen LogP contribution in [0.2, 0.25) is 0 Å². The van der Waals surface area contributed by atoms with E-state index >= 15 is 0 Å². The van der Waals surface area contributed by atoms with Crippen molar-refractivity contribution < 1.29 is 0 Å². The molecule has 100 valence electrons. The van der Waals surface area contributed by atoms with Crippen molar-refractivity contribution in [3.8, 4) is 0 Å². The van der Waals surface area contributed by atoms with Crippen molar-refractivity contribution in [2.24, 2.45) is 11.8 Å². The van der Waals surface area contributed by atoms with Crippen molar-refractivity contribution >= 4 is 0 Å². The quantitative estimate of drug-likeness (QED) is 0.671. The zero-order valence-electron chi connectivity index (χ0n) is 12.8. The van der Waals surface area contributed by atoms with Gasteiger partial charge in [-0.15, -0.1) is 0 Å². The zero-order chi connectivity index (χ0) is 13.0. The minimum absolute atomic E-state index is 0.836. The molecule has 1 heterocycles. The molecule has 1 fully saturated rings. The lowest BCUT2D eigenvalue weighted by atomic mass is 9.94. The molecule has 1 nitrogen and oxygen atoms in total. The summed E-state index contributed by atoms with van der Waals surface area (Å²) in [5.41, 5.74) is 0. The largest absolute Gasteiger partial charge is 0.303 e. The van der Waals surface area contributed by atoms with Gasteiger partial charge in [-0.05, 0) is 37.8 Å². The van der Waals surface area contributed by atoms with Gasteiger partial charge in [-0.1, -0.05) is 54.9 Å². The average molecular weight is 229 g/mol. The standard InChI is InChI=1S/C11H23N.2C2H6/c1-4-11-5-7-12(8-6-11)9-10(2)3;2*1-2/h10-11H,4-9H2,1-3H3;2*1-2H3. The highest BCUT2D eigenvalue weighted by Gasteiger charge is 2.17. The number of nitrogens with zero attached hydrogens (tertiary/aromatic N) is 1. The van der Waals surface area contributed by atoms with Gasteiger partial charge in [0.1, 0.15) is 0 Å². The van der Waals surface area contributed by atoms with E-state index in [4.69, 9.17) is 0 Å². The number of piperidine rings is 1.